The molecule has 0 aliphatic heterocycles. The Bertz CT molecular complexity index is 1170. The highest BCUT2D eigenvalue weighted by Gasteiger charge is 2.19. The number of hydrogen-bond donors (Lipinski definition) is 2. The summed E-state index contributed by atoms with van der Waals surface area (Å²) in [4.78, 5) is 24.9. The van der Waals surface area contributed by atoms with Gasteiger partial charge in [-0.05, 0) is 59.3 Å². The predicted octanol–water partition coefficient (Wildman–Crippen LogP) is 5.87. The maximum absolute atomic E-state index is 12.5. The van der Waals surface area contributed by atoms with Crippen LogP contribution in [0.2, 0.25) is 10.0 Å². The molecule has 1 aromatic heterocycles. The fourth-order valence-electron chi connectivity index (χ4n) is 2.72. The van der Waals surface area contributed by atoms with E-state index in [-0.39, 0.29) is 17.6 Å². The molecule has 1 atom stereocenters. The van der Waals surface area contributed by atoms with E-state index in [9.17, 15) is 9.59 Å². The lowest BCUT2D eigenvalue weighted by Gasteiger charge is -2.14. The van der Waals surface area contributed by atoms with Gasteiger partial charge in [0.05, 0.1) is 27.5 Å². The van der Waals surface area contributed by atoms with Crippen LogP contribution in [0.3, 0.4) is 0 Å². The average molecular weight is 622 g/mol. The van der Waals surface area contributed by atoms with E-state index in [1.165, 1.54) is 17.8 Å². The second-order valence-electron chi connectivity index (χ2n) is 6.68. The second-order valence-corrected chi connectivity index (χ2v) is 10.2. The van der Waals surface area contributed by atoms with Crippen LogP contribution in [0.5, 0.6) is 0 Å². The molecule has 168 valence electrons. The molecule has 0 unspecified atom stereocenters. The summed E-state index contributed by atoms with van der Waals surface area (Å²) in [6.45, 7) is 1.80. The lowest BCUT2D eigenvalue weighted by Crippen LogP contribution is -2.28. The summed E-state index contributed by atoms with van der Waals surface area (Å²) in [6.07, 6.45) is 0. The zero-order valence-corrected chi connectivity index (χ0v) is 22.3. The summed E-state index contributed by atoms with van der Waals surface area (Å²) < 4.78 is 3.39. The molecule has 1 heterocycles. The monoisotopic (exact) mass is 619 g/mol. The number of carbonyl (C=O) groups is 2. The van der Waals surface area contributed by atoms with Crippen LogP contribution in [0.25, 0.3) is 0 Å². The Hall–Kier alpha value is -1.59. The largest absolute Gasteiger partial charge is 0.342 e. The van der Waals surface area contributed by atoms with Crippen molar-refractivity contribution in [3.63, 3.8) is 0 Å². The van der Waals surface area contributed by atoms with Crippen molar-refractivity contribution in [2.45, 2.75) is 18.1 Å². The molecule has 3 rings (SSSR count). The first-order valence-electron chi connectivity index (χ1n) is 9.18. The summed E-state index contributed by atoms with van der Waals surface area (Å²) >= 11 is 19.9. The Balaban J connectivity index is 1.60. The SMILES string of the molecule is C[C@H](NC(=O)c1ccc(Cl)c(Cl)c1)c1nnc(SCC(=O)Nc2cc(Br)ccc2Br)n1C. The molecule has 12 heteroatoms. The predicted molar refractivity (Wildman–Crippen MR) is 135 cm³/mol. The van der Waals surface area contributed by atoms with E-state index in [4.69, 9.17) is 23.2 Å². The van der Waals surface area contributed by atoms with Crippen molar-refractivity contribution in [1.29, 1.82) is 0 Å². The first-order valence-corrected chi connectivity index (χ1v) is 12.5. The topological polar surface area (TPSA) is 88.9 Å². The number of nitrogens with one attached hydrogen (secondary N) is 2. The Labute approximate surface area is 215 Å². The first kappa shape index (κ1) is 25.0. The van der Waals surface area contributed by atoms with Gasteiger partial charge in [0, 0.05) is 21.6 Å². The maximum Gasteiger partial charge on any atom is 0.251 e. The molecule has 32 heavy (non-hydrogen) atoms. The third kappa shape index (κ3) is 6.26. The van der Waals surface area contributed by atoms with E-state index in [1.54, 1.807) is 30.7 Å². The van der Waals surface area contributed by atoms with E-state index in [2.05, 4.69) is 52.7 Å². The molecule has 0 radical (unpaired) electrons. The third-order valence-electron chi connectivity index (χ3n) is 4.32. The number of hydrogen-bond acceptors (Lipinski definition) is 5. The number of thioether (sulfide) groups is 1. The molecule has 2 aromatic carbocycles. The zero-order valence-electron chi connectivity index (χ0n) is 16.8. The van der Waals surface area contributed by atoms with Crippen LogP contribution in [-0.4, -0.2) is 32.3 Å². The van der Waals surface area contributed by atoms with Crippen LogP contribution in [0.1, 0.15) is 29.1 Å². The maximum atomic E-state index is 12.5. The van der Waals surface area contributed by atoms with Gasteiger partial charge in [-0.25, -0.2) is 0 Å². The molecule has 0 bridgehead atoms. The highest BCUT2D eigenvalue weighted by Crippen LogP contribution is 2.27. The molecule has 0 saturated heterocycles. The second kappa shape index (κ2) is 11.0. The minimum atomic E-state index is -0.421. The van der Waals surface area contributed by atoms with Crippen LogP contribution in [0.4, 0.5) is 5.69 Å². The highest BCUT2D eigenvalue weighted by atomic mass is 79.9. The van der Waals surface area contributed by atoms with Crippen molar-refractivity contribution < 1.29 is 9.59 Å². The van der Waals surface area contributed by atoms with E-state index in [0.717, 1.165) is 8.95 Å². The highest BCUT2D eigenvalue weighted by molar-refractivity contribution is 9.11. The lowest BCUT2D eigenvalue weighted by molar-refractivity contribution is -0.113. The third-order valence-corrected chi connectivity index (χ3v) is 7.26. The minimum Gasteiger partial charge on any atom is -0.342 e. The van der Waals surface area contributed by atoms with Crippen molar-refractivity contribution in [2.75, 3.05) is 11.1 Å². The minimum absolute atomic E-state index is 0.148. The Morgan fingerprint density at radius 3 is 2.59 bits per heavy atom. The Kier molecular flexibility index (Phi) is 8.62. The van der Waals surface area contributed by atoms with Gasteiger partial charge in [-0.2, -0.15) is 0 Å². The molecule has 0 saturated carbocycles. The van der Waals surface area contributed by atoms with Crippen LogP contribution >= 0.6 is 66.8 Å². The number of nitrogens with zero attached hydrogens (tertiary/aromatic N) is 3. The van der Waals surface area contributed by atoms with Crippen LogP contribution in [-0.2, 0) is 11.8 Å². The van der Waals surface area contributed by atoms with E-state index >= 15 is 0 Å². The van der Waals surface area contributed by atoms with Gasteiger partial charge in [0.15, 0.2) is 11.0 Å². The average Bonchev–Trinajstić information content (AvgIpc) is 3.11. The number of halogens is 4. The first-order chi connectivity index (χ1) is 15.2. The molecule has 0 aliphatic carbocycles. The molecule has 2 amide bonds. The normalized spacial score (nSPS) is 11.8. The number of aromatic nitrogens is 3. The van der Waals surface area contributed by atoms with Crippen molar-refractivity contribution in [3.8, 4) is 0 Å². The number of carbonyl (C=O) groups excluding carboxylic acids is 2. The smallest absolute Gasteiger partial charge is 0.251 e. The summed E-state index contributed by atoms with van der Waals surface area (Å²) in [5, 5.41) is 15.3. The summed E-state index contributed by atoms with van der Waals surface area (Å²) in [7, 11) is 1.78. The molecular formula is C20H17Br2Cl2N5O2S. The molecule has 7 nitrogen and oxygen atoms in total. The van der Waals surface area contributed by atoms with Gasteiger partial charge >= 0.3 is 0 Å². The zero-order chi connectivity index (χ0) is 23.4. The van der Waals surface area contributed by atoms with Crippen molar-refractivity contribution in [2.24, 2.45) is 7.05 Å². The molecule has 0 aliphatic rings. The van der Waals surface area contributed by atoms with Crippen LogP contribution < -0.4 is 10.6 Å². The van der Waals surface area contributed by atoms with Gasteiger partial charge in [-0.1, -0.05) is 50.9 Å². The number of anilines is 1. The molecular weight excluding hydrogens is 605 g/mol. The van der Waals surface area contributed by atoms with Gasteiger partial charge in [0.25, 0.3) is 5.91 Å². The quantitative estimate of drug-likeness (QED) is 0.322. The molecule has 0 spiro atoms. The Morgan fingerprint density at radius 1 is 1.12 bits per heavy atom. The summed E-state index contributed by atoms with van der Waals surface area (Å²) in [6, 6.07) is 9.77. The van der Waals surface area contributed by atoms with Crippen LogP contribution in [0.15, 0.2) is 50.5 Å². The van der Waals surface area contributed by atoms with Gasteiger partial charge in [-0.15, -0.1) is 10.2 Å². The van der Waals surface area contributed by atoms with E-state index < -0.39 is 6.04 Å². The number of benzene rings is 2. The fraction of sp³-hybridized carbons (Fsp3) is 0.200. The molecule has 3 aromatic rings. The van der Waals surface area contributed by atoms with E-state index in [1.807, 2.05) is 18.2 Å². The van der Waals surface area contributed by atoms with E-state index in [0.29, 0.717) is 32.3 Å². The standard InChI is InChI=1S/C20H17Br2Cl2N5O2S/c1-10(25-19(31)11-3-6-14(23)15(24)7-11)18-27-28-20(29(18)2)32-9-17(30)26-16-8-12(21)4-5-13(16)22/h3-8,10H,9H2,1-2H3,(H,25,31)(H,26,30)/t10-/m0/s1. The summed E-state index contributed by atoms with van der Waals surface area (Å²) in [5.41, 5.74) is 1.06. The van der Waals surface area contributed by atoms with Crippen molar-refractivity contribution in [3.05, 3.63) is 66.8 Å². The lowest BCUT2D eigenvalue weighted by atomic mass is 10.2. The fourth-order valence-corrected chi connectivity index (χ4v) is 4.44. The van der Waals surface area contributed by atoms with Gasteiger partial charge in [-0.3, -0.25) is 9.59 Å². The molecule has 0 fully saturated rings. The van der Waals surface area contributed by atoms with Crippen molar-refractivity contribution in [1.82, 2.24) is 20.1 Å². The van der Waals surface area contributed by atoms with Gasteiger partial charge in [0.1, 0.15) is 0 Å². The van der Waals surface area contributed by atoms with Crippen LogP contribution in [0, 0.1) is 0 Å². The van der Waals surface area contributed by atoms with Gasteiger partial charge in [0.2, 0.25) is 5.91 Å². The Morgan fingerprint density at radius 2 is 1.88 bits per heavy atom. The van der Waals surface area contributed by atoms with Crippen molar-refractivity contribution >= 4 is 84.3 Å². The number of amides is 2. The summed E-state index contributed by atoms with van der Waals surface area (Å²) in [5.74, 6) is 0.206. The molecule has 2 N–H and O–H groups in total. The number of rotatable bonds is 7. The van der Waals surface area contributed by atoms with Gasteiger partial charge < -0.3 is 15.2 Å².